The van der Waals surface area contributed by atoms with E-state index in [4.69, 9.17) is 0 Å². The molecule has 0 saturated heterocycles. The van der Waals surface area contributed by atoms with Crippen LogP contribution in [-0.2, 0) is 0 Å². The molecule has 0 radical (unpaired) electrons. The van der Waals surface area contributed by atoms with Crippen molar-refractivity contribution in [1.82, 2.24) is 14.9 Å². The van der Waals surface area contributed by atoms with E-state index < -0.39 is 8.56 Å². The highest BCUT2D eigenvalue weighted by Gasteiger charge is 2.41. The summed E-state index contributed by atoms with van der Waals surface area (Å²) in [5.41, 5.74) is 0.620. The van der Waals surface area contributed by atoms with Gasteiger partial charge in [0, 0.05) is 18.1 Å². The highest BCUT2D eigenvalue weighted by Crippen LogP contribution is 2.19. The molecule has 0 aromatic carbocycles. The van der Waals surface area contributed by atoms with Crippen molar-refractivity contribution in [3.8, 4) is 0 Å². The van der Waals surface area contributed by atoms with Crippen molar-refractivity contribution < 1.29 is 0 Å². The molecular formula is C18H43N3Si. The van der Waals surface area contributed by atoms with Crippen LogP contribution in [0.2, 0.25) is 5.54 Å². The lowest BCUT2D eigenvalue weighted by molar-refractivity contribution is 0.470. The van der Waals surface area contributed by atoms with Gasteiger partial charge < -0.3 is 14.9 Å². The van der Waals surface area contributed by atoms with Crippen LogP contribution in [0.4, 0.5) is 0 Å². The Labute approximate surface area is 141 Å². The molecule has 0 unspecified atom stereocenters. The van der Waals surface area contributed by atoms with Crippen molar-refractivity contribution in [2.75, 3.05) is 0 Å². The first-order chi connectivity index (χ1) is 10.4. The van der Waals surface area contributed by atoms with Crippen LogP contribution in [0.3, 0.4) is 0 Å². The van der Waals surface area contributed by atoms with Crippen LogP contribution in [0.25, 0.3) is 0 Å². The zero-order valence-electron chi connectivity index (χ0n) is 16.6. The molecule has 0 heterocycles. The predicted octanol–water partition coefficient (Wildman–Crippen LogP) is 4.67. The molecule has 0 spiro atoms. The Morgan fingerprint density at radius 1 is 0.545 bits per heavy atom. The molecule has 0 amide bonds. The van der Waals surface area contributed by atoms with Gasteiger partial charge in [-0.3, -0.25) is 0 Å². The maximum atomic E-state index is 4.08. The number of rotatable bonds is 13. The van der Waals surface area contributed by atoms with Crippen LogP contribution in [0.15, 0.2) is 0 Å². The van der Waals surface area contributed by atoms with Gasteiger partial charge in [-0.25, -0.2) is 0 Å². The minimum Gasteiger partial charge on any atom is -0.310 e. The molecule has 0 aromatic rings. The lowest BCUT2D eigenvalue weighted by atomic mass is 10.2. The van der Waals surface area contributed by atoms with Gasteiger partial charge in [-0.2, -0.15) is 0 Å². The van der Waals surface area contributed by atoms with Gasteiger partial charge in [-0.1, -0.05) is 55.4 Å². The number of hydrogen-bond acceptors (Lipinski definition) is 3. The van der Waals surface area contributed by atoms with E-state index in [1.54, 1.807) is 0 Å². The maximum absolute atomic E-state index is 4.08. The quantitative estimate of drug-likeness (QED) is 0.430. The second-order valence-electron chi connectivity index (χ2n) is 6.94. The molecule has 134 valence electrons. The van der Waals surface area contributed by atoms with Crippen LogP contribution in [-0.4, -0.2) is 26.7 Å². The molecule has 0 saturated carbocycles. The van der Waals surface area contributed by atoms with E-state index in [1.165, 1.54) is 38.5 Å². The SMILES string of the molecule is CCC(CC)N[Si](NC(CC)CC)(NC(CC)CC)C(C)C. The fraction of sp³-hybridized carbons (Fsp3) is 1.00. The van der Waals surface area contributed by atoms with E-state index in [9.17, 15) is 0 Å². The molecule has 0 aliphatic carbocycles. The van der Waals surface area contributed by atoms with E-state index in [2.05, 4.69) is 70.3 Å². The van der Waals surface area contributed by atoms with Crippen LogP contribution in [0, 0.1) is 0 Å². The largest absolute Gasteiger partial charge is 0.310 e. The molecule has 0 atom stereocenters. The molecule has 3 nitrogen and oxygen atoms in total. The molecule has 22 heavy (non-hydrogen) atoms. The zero-order valence-corrected chi connectivity index (χ0v) is 17.6. The Balaban J connectivity index is 5.41. The molecule has 0 aromatic heterocycles. The third kappa shape index (κ3) is 6.69. The van der Waals surface area contributed by atoms with Crippen LogP contribution < -0.4 is 14.9 Å². The minimum atomic E-state index is -1.94. The Hall–Kier alpha value is 0.0969. The highest BCUT2D eigenvalue weighted by atomic mass is 28.4. The molecule has 3 N–H and O–H groups in total. The predicted molar refractivity (Wildman–Crippen MR) is 103 cm³/mol. The Bertz CT molecular complexity index is 223. The van der Waals surface area contributed by atoms with Gasteiger partial charge in [0.2, 0.25) is 0 Å². The summed E-state index contributed by atoms with van der Waals surface area (Å²) in [6.45, 7) is 18.6. The van der Waals surface area contributed by atoms with E-state index in [0.717, 1.165) is 0 Å². The highest BCUT2D eigenvalue weighted by molar-refractivity contribution is 6.74. The van der Waals surface area contributed by atoms with E-state index in [0.29, 0.717) is 23.7 Å². The van der Waals surface area contributed by atoms with Crippen LogP contribution in [0.1, 0.15) is 93.9 Å². The van der Waals surface area contributed by atoms with Crippen molar-refractivity contribution in [1.29, 1.82) is 0 Å². The molecule has 0 bridgehead atoms. The molecule has 0 aliphatic rings. The van der Waals surface area contributed by atoms with Crippen molar-refractivity contribution in [2.45, 2.75) is 118 Å². The molecule has 0 fully saturated rings. The van der Waals surface area contributed by atoms with Gasteiger partial charge in [0.15, 0.2) is 0 Å². The Morgan fingerprint density at radius 2 is 0.773 bits per heavy atom. The first-order valence-electron chi connectivity index (χ1n) is 9.75. The molecular weight excluding hydrogens is 286 g/mol. The summed E-state index contributed by atoms with van der Waals surface area (Å²) in [4.78, 5) is 12.2. The van der Waals surface area contributed by atoms with Crippen molar-refractivity contribution in [3.05, 3.63) is 0 Å². The van der Waals surface area contributed by atoms with Crippen LogP contribution in [0.5, 0.6) is 0 Å². The van der Waals surface area contributed by atoms with E-state index in [1.807, 2.05) is 0 Å². The fourth-order valence-electron chi connectivity index (χ4n) is 3.07. The molecule has 4 heteroatoms. The minimum absolute atomic E-state index is 0.609. The third-order valence-electron chi connectivity index (χ3n) is 5.12. The average molecular weight is 330 g/mol. The smallest absolute Gasteiger partial charge is 0.284 e. The summed E-state index contributed by atoms with van der Waals surface area (Å²) in [7, 11) is -1.94. The lowest BCUT2D eigenvalue weighted by Gasteiger charge is -2.44. The second kappa shape index (κ2) is 11.6. The topological polar surface area (TPSA) is 36.1 Å². The number of nitrogens with one attached hydrogen (secondary N) is 3. The summed E-state index contributed by atoms with van der Waals surface area (Å²) in [6.07, 6.45) is 7.21. The fourth-order valence-corrected chi connectivity index (χ4v) is 7.48. The van der Waals surface area contributed by atoms with Gasteiger partial charge >= 0.3 is 0 Å². The van der Waals surface area contributed by atoms with Crippen molar-refractivity contribution in [2.24, 2.45) is 0 Å². The standard InChI is InChI=1S/C18H43N3Si/c1-9-16(10-2)19-22(15(7)8,20-17(11-3)12-4)21-18(13-5)14-6/h15-21H,9-14H2,1-8H3. The summed E-state index contributed by atoms with van der Waals surface area (Å²) in [5.74, 6) is 0. The normalized spacial score (nSPS) is 13.1. The number of hydrogen-bond donors (Lipinski definition) is 3. The lowest BCUT2D eigenvalue weighted by Crippen LogP contribution is -2.78. The summed E-state index contributed by atoms with van der Waals surface area (Å²) >= 11 is 0. The van der Waals surface area contributed by atoms with Gasteiger partial charge in [0.25, 0.3) is 8.56 Å². The van der Waals surface area contributed by atoms with Crippen LogP contribution >= 0.6 is 0 Å². The van der Waals surface area contributed by atoms with Crippen molar-refractivity contribution in [3.63, 3.8) is 0 Å². The van der Waals surface area contributed by atoms with Gasteiger partial charge in [-0.15, -0.1) is 0 Å². The zero-order chi connectivity index (χ0) is 17.2. The average Bonchev–Trinajstić information content (AvgIpc) is 2.54. The summed E-state index contributed by atoms with van der Waals surface area (Å²) in [6, 6.07) is 1.83. The first-order valence-corrected chi connectivity index (χ1v) is 11.8. The Kier molecular flexibility index (Phi) is 11.7. The monoisotopic (exact) mass is 329 g/mol. The van der Waals surface area contributed by atoms with Gasteiger partial charge in [0.1, 0.15) is 0 Å². The molecule has 0 aliphatic heterocycles. The van der Waals surface area contributed by atoms with E-state index >= 15 is 0 Å². The van der Waals surface area contributed by atoms with Gasteiger partial charge in [0.05, 0.1) is 0 Å². The Morgan fingerprint density at radius 3 is 0.909 bits per heavy atom. The summed E-state index contributed by atoms with van der Waals surface area (Å²) in [5, 5.41) is 0. The second-order valence-corrected chi connectivity index (χ2v) is 10.6. The third-order valence-corrected chi connectivity index (χ3v) is 9.44. The first kappa shape index (κ1) is 22.1. The molecule has 0 rings (SSSR count). The van der Waals surface area contributed by atoms with Crippen molar-refractivity contribution >= 4 is 8.56 Å². The van der Waals surface area contributed by atoms with E-state index in [-0.39, 0.29) is 0 Å². The van der Waals surface area contributed by atoms with Gasteiger partial charge in [-0.05, 0) is 44.1 Å². The maximum Gasteiger partial charge on any atom is 0.284 e. The summed E-state index contributed by atoms with van der Waals surface area (Å²) < 4.78 is 0.